The van der Waals surface area contributed by atoms with E-state index in [1.807, 2.05) is 0 Å². The number of hydrogen-bond acceptors (Lipinski definition) is 2. The summed E-state index contributed by atoms with van der Waals surface area (Å²) in [6.45, 7) is 4.74. The Bertz CT molecular complexity index is 509. The van der Waals surface area contributed by atoms with Gasteiger partial charge in [0, 0.05) is 17.4 Å². The Labute approximate surface area is 152 Å². The average molecular weight is 408 g/mol. The molecule has 1 aliphatic heterocycles. The number of nitrogens with one attached hydrogen (secondary N) is 2. The van der Waals surface area contributed by atoms with Crippen LogP contribution in [-0.2, 0) is 11.2 Å². The number of halogens is 3. The normalized spacial score (nSPS) is 16.5. The van der Waals surface area contributed by atoms with Crippen molar-refractivity contribution in [2.24, 2.45) is 11.8 Å². The average Bonchev–Trinajstić information content (AvgIpc) is 2.51. The van der Waals surface area contributed by atoms with Crippen LogP contribution in [0.15, 0.2) is 22.7 Å². The first-order valence-corrected chi connectivity index (χ1v) is 8.77. The predicted octanol–water partition coefficient (Wildman–Crippen LogP) is 3.69. The van der Waals surface area contributed by atoms with Crippen molar-refractivity contribution in [1.29, 1.82) is 0 Å². The molecular formula is C17H25BrClFN2O. The fourth-order valence-electron chi connectivity index (χ4n) is 3.02. The highest BCUT2D eigenvalue weighted by Gasteiger charge is 2.21. The van der Waals surface area contributed by atoms with Gasteiger partial charge in [0.1, 0.15) is 5.82 Å². The summed E-state index contributed by atoms with van der Waals surface area (Å²) in [4.78, 5) is 12.0. The second-order valence-corrected chi connectivity index (χ2v) is 7.02. The minimum absolute atomic E-state index is 0. The van der Waals surface area contributed by atoms with E-state index in [9.17, 15) is 9.18 Å². The first-order chi connectivity index (χ1) is 10.6. The molecule has 0 aromatic heterocycles. The Balaban J connectivity index is 0.00000264. The van der Waals surface area contributed by atoms with Gasteiger partial charge in [-0.05, 0) is 68.0 Å². The second kappa shape index (κ2) is 10.3. The van der Waals surface area contributed by atoms with Crippen LogP contribution in [0.1, 0.15) is 31.7 Å². The maximum absolute atomic E-state index is 13.6. The fourth-order valence-corrected chi connectivity index (χ4v) is 3.42. The highest BCUT2D eigenvalue weighted by molar-refractivity contribution is 9.10. The quantitative estimate of drug-likeness (QED) is 0.755. The van der Waals surface area contributed by atoms with Gasteiger partial charge in [0.2, 0.25) is 5.91 Å². The van der Waals surface area contributed by atoms with E-state index >= 15 is 0 Å². The van der Waals surface area contributed by atoms with Crippen molar-refractivity contribution in [2.45, 2.75) is 32.6 Å². The third-order valence-electron chi connectivity index (χ3n) is 4.42. The van der Waals surface area contributed by atoms with Crippen molar-refractivity contribution < 1.29 is 9.18 Å². The van der Waals surface area contributed by atoms with E-state index in [1.54, 1.807) is 12.1 Å². The molecule has 3 nitrogen and oxygen atoms in total. The molecule has 0 saturated carbocycles. The number of hydrogen-bond donors (Lipinski definition) is 2. The van der Waals surface area contributed by atoms with Crippen LogP contribution >= 0.6 is 28.3 Å². The molecule has 2 rings (SSSR count). The Hall–Kier alpha value is -0.650. The molecule has 1 aromatic rings. The van der Waals surface area contributed by atoms with Crippen LogP contribution in [0.4, 0.5) is 4.39 Å². The van der Waals surface area contributed by atoms with Gasteiger partial charge < -0.3 is 10.6 Å². The first kappa shape index (κ1) is 20.4. The molecule has 6 heteroatoms. The Morgan fingerprint density at radius 3 is 2.83 bits per heavy atom. The smallest absolute Gasteiger partial charge is 0.220 e. The molecule has 0 aliphatic carbocycles. The Morgan fingerprint density at radius 2 is 2.13 bits per heavy atom. The minimum Gasteiger partial charge on any atom is -0.356 e. The van der Waals surface area contributed by atoms with Gasteiger partial charge in [0.25, 0.3) is 0 Å². The lowest BCUT2D eigenvalue weighted by atomic mass is 9.84. The lowest BCUT2D eigenvalue weighted by Crippen LogP contribution is -2.34. The molecule has 1 fully saturated rings. The van der Waals surface area contributed by atoms with Gasteiger partial charge in [0.05, 0.1) is 0 Å². The standard InChI is InChI=1S/C17H24BrFN2O.ClH/c1-12(13-4-7-20-8-5-13)10-17(22)21-9-6-14-11-15(18)2-3-16(14)19;/h2-3,11-13,20H,4-10H2,1H3,(H,21,22);1H. The molecule has 1 atom stereocenters. The second-order valence-electron chi connectivity index (χ2n) is 6.10. The van der Waals surface area contributed by atoms with Crippen LogP contribution in [0.25, 0.3) is 0 Å². The Kier molecular flexibility index (Phi) is 9.10. The summed E-state index contributed by atoms with van der Waals surface area (Å²) in [7, 11) is 0. The number of benzene rings is 1. The summed E-state index contributed by atoms with van der Waals surface area (Å²) in [5, 5.41) is 6.26. The topological polar surface area (TPSA) is 41.1 Å². The first-order valence-electron chi connectivity index (χ1n) is 7.97. The van der Waals surface area contributed by atoms with E-state index in [-0.39, 0.29) is 24.1 Å². The molecular weight excluding hydrogens is 383 g/mol. The molecule has 0 radical (unpaired) electrons. The summed E-state index contributed by atoms with van der Waals surface area (Å²) >= 11 is 3.33. The van der Waals surface area contributed by atoms with Crippen molar-refractivity contribution in [3.05, 3.63) is 34.1 Å². The lowest BCUT2D eigenvalue weighted by Gasteiger charge is -2.27. The van der Waals surface area contributed by atoms with Crippen molar-refractivity contribution in [3.63, 3.8) is 0 Å². The van der Waals surface area contributed by atoms with Crippen molar-refractivity contribution >= 4 is 34.2 Å². The molecule has 1 aromatic carbocycles. The van der Waals surface area contributed by atoms with E-state index < -0.39 is 0 Å². The summed E-state index contributed by atoms with van der Waals surface area (Å²) in [5.41, 5.74) is 0.626. The monoisotopic (exact) mass is 406 g/mol. The zero-order chi connectivity index (χ0) is 15.9. The van der Waals surface area contributed by atoms with Crippen LogP contribution in [0.2, 0.25) is 0 Å². The fraction of sp³-hybridized carbons (Fsp3) is 0.588. The predicted molar refractivity (Wildman–Crippen MR) is 97.4 cm³/mol. The number of amides is 1. The summed E-state index contributed by atoms with van der Waals surface area (Å²) in [6.07, 6.45) is 3.37. The van der Waals surface area contributed by atoms with Crippen molar-refractivity contribution in [2.75, 3.05) is 19.6 Å². The van der Waals surface area contributed by atoms with E-state index in [0.29, 0.717) is 36.8 Å². The van der Waals surface area contributed by atoms with Gasteiger partial charge in [-0.1, -0.05) is 22.9 Å². The molecule has 2 N–H and O–H groups in total. The number of carbonyl (C=O) groups excluding carboxylic acids is 1. The lowest BCUT2D eigenvalue weighted by molar-refractivity contribution is -0.122. The molecule has 1 aliphatic rings. The molecule has 0 bridgehead atoms. The molecule has 23 heavy (non-hydrogen) atoms. The summed E-state index contributed by atoms with van der Waals surface area (Å²) < 4.78 is 14.5. The van der Waals surface area contributed by atoms with Gasteiger partial charge in [-0.15, -0.1) is 12.4 Å². The van der Waals surface area contributed by atoms with E-state index in [2.05, 4.69) is 33.5 Å². The van der Waals surface area contributed by atoms with Crippen molar-refractivity contribution in [3.8, 4) is 0 Å². The number of piperidine rings is 1. The number of carbonyl (C=O) groups is 1. The zero-order valence-corrected chi connectivity index (χ0v) is 15.8. The van der Waals surface area contributed by atoms with Gasteiger partial charge in [-0.25, -0.2) is 4.39 Å². The van der Waals surface area contributed by atoms with Gasteiger partial charge in [-0.3, -0.25) is 4.79 Å². The molecule has 1 unspecified atom stereocenters. The Morgan fingerprint density at radius 1 is 1.43 bits per heavy atom. The molecule has 1 heterocycles. The largest absolute Gasteiger partial charge is 0.356 e. The highest BCUT2D eigenvalue weighted by Crippen LogP contribution is 2.24. The maximum Gasteiger partial charge on any atom is 0.220 e. The van der Waals surface area contributed by atoms with Gasteiger partial charge in [0.15, 0.2) is 0 Å². The van der Waals surface area contributed by atoms with Crippen molar-refractivity contribution in [1.82, 2.24) is 10.6 Å². The molecule has 0 spiro atoms. The molecule has 1 saturated heterocycles. The van der Waals surface area contributed by atoms with Gasteiger partial charge >= 0.3 is 0 Å². The van der Waals surface area contributed by atoms with Crippen LogP contribution in [0.3, 0.4) is 0 Å². The zero-order valence-electron chi connectivity index (χ0n) is 13.4. The van der Waals surface area contributed by atoms with E-state index in [1.165, 1.54) is 6.07 Å². The molecule has 1 amide bonds. The van der Waals surface area contributed by atoms with Crippen LogP contribution < -0.4 is 10.6 Å². The van der Waals surface area contributed by atoms with Crippen LogP contribution in [0, 0.1) is 17.7 Å². The summed E-state index contributed by atoms with van der Waals surface area (Å²) in [6, 6.07) is 4.89. The van der Waals surface area contributed by atoms with Gasteiger partial charge in [-0.2, -0.15) is 0 Å². The van der Waals surface area contributed by atoms with Crippen LogP contribution in [-0.4, -0.2) is 25.5 Å². The third-order valence-corrected chi connectivity index (χ3v) is 4.91. The minimum atomic E-state index is -0.222. The van der Waals surface area contributed by atoms with E-state index in [4.69, 9.17) is 0 Å². The SMILES string of the molecule is CC(CC(=O)NCCc1cc(Br)ccc1F)C1CCNCC1.Cl. The maximum atomic E-state index is 13.6. The van der Waals surface area contributed by atoms with E-state index in [0.717, 1.165) is 30.4 Å². The summed E-state index contributed by atoms with van der Waals surface area (Å²) in [5.74, 6) is 0.890. The highest BCUT2D eigenvalue weighted by atomic mass is 79.9. The molecule has 130 valence electrons. The number of rotatable bonds is 6. The third kappa shape index (κ3) is 6.77. The van der Waals surface area contributed by atoms with Crippen LogP contribution in [0.5, 0.6) is 0 Å².